The first-order chi connectivity index (χ1) is 6.52. The average Bonchev–Trinajstić information content (AvgIpc) is 2.50. The Morgan fingerprint density at radius 2 is 2.36 bits per heavy atom. The van der Waals surface area contributed by atoms with Gasteiger partial charge in [0.05, 0.1) is 6.04 Å². The van der Waals surface area contributed by atoms with Crippen molar-refractivity contribution in [3.63, 3.8) is 0 Å². The fraction of sp³-hybridized carbons (Fsp3) is 0.500. The topological polar surface area (TPSA) is 46.3 Å². The highest BCUT2D eigenvalue weighted by Crippen LogP contribution is 2.17. The number of nitrogens with zero attached hydrogens (tertiary/aromatic N) is 1. The van der Waals surface area contributed by atoms with Gasteiger partial charge in [0.25, 0.3) is 0 Å². The van der Waals surface area contributed by atoms with E-state index in [9.17, 15) is 4.79 Å². The van der Waals surface area contributed by atoms with Crippen molar-refractivity contribution in [1.29, 1.82) is 0 Å². The molecule has 0 fully saturated rings. The first-order valence-electron chi connectivity index (χ1n) is 4.55. The molecule has 1 aromatic rings. The summed E-state index contributed by atoms with van der Waals surface area (Å²) in [7, 11) is 1.91. The van der Waals surface area contributed by atoms with Gasteiger partial charge in [0.15, 0.2) is 0 Å². The Labute approximate surface area is 88.5 Å². The summed E-state index contributed by atoms with van der Waals surface area (Å²) in [5.74, 6) is -0.276. The van der Waals surface area contributed by atoms with E-state index < -0.39 is 0 Å². The molecule has 0 aliphatic rings. The third-order valence-electron chi connectivity index (χ3n) is 2.43. The summed E-state index contributed by atoms with van der Waals surface area (Å²) in [5, 5.41) is 2.06. The Bertz CT molecular complexity index is 322. The van der Waals surface area contributed by atoms with E-state index in [1.54, 1.807) is 11.3 Å². The van der Waals surface area contributed by atoms with Crippen LogP contribution in [0.4, 0.5) is 0 Å². The number of hydrogen-bond donors (Lipinski definition) is 1. The highest BCUT2D eigenvalue weighted by molar-refractivity contribution is 7.10. The molecule has 0 aliphatic heterocycles. The molecular formula is C10H16N2OS. The van der Waals surface area contributed by atoms with E-state index in [0.29, 0.717) is 0 Å². The van der Waals surface area contributed by atoms with Crippen LogP contribution in [0.5, 0.6) is 0 Å². The number of rotatable bonds is 4. The number of aryl methyl sites for hydroxylation is 1. The fourth-order valence-electron chi connectivity index (χ4n) is 1.15. The van der Waals surface area contributed by atoms with E-state index in [-0.39, 0.29) is 11.9 Å². The lowest BCUT2D eigenvalue weighted by atomic mass is 10.2. The molecule has 1 unspecified atom stereocenters. The Morgan fingerprint density at radius 1 is 1.71 bits per heavy atom. The lowest BCUT2D eigenvalue weighted by Gasteiger charge is -2.21. The van der Waals surface area contributed by atoms with E-state index in [4.69, 9.17) is 5.73 Å². The normalized spacial score (nSPS) is 13.1. The summed E-state index contributed by atoms with van der Waals surface area (Å²) in [5.41, 5.74) is 6.50. The molecule has 1 atom stereocenters. The molecule has 4 heteroatoms. The van der Waals surface area contributed by atoms with Crippen LogP contribution in [0, 0.1) is 6.92 Å². The van der Waals surface area contributed by atoms with Gasteiger partial charge in [0.2, 0.25) is 5.91 Å². The number of carbonyl (C=O) groups excluding carboxylic acids is 1. The molecule has 0 saturated heterocycles. The number of nitrogens with two attached hydrogens (primary N) is 1. The molecular weight excluding hydrogens is 196 g/mol. The summed E-state index contributed by atoms with van der Waals surface area (Å²) in [4.78, 5) is 14.2. The van der Waals surface area contributed by atoms with Gasteiger partial charge in [0.1, 0.15) is 0 Å². The molecule has 1 heterocycles. The van der Waals surface area contributed by atoms with Gasteiger partial charge in [-0.2, -0.15) is 0 Å². The van der Waals surface area contributed by atoms with E-state index in [1.807, 2.05) is 18.9 Å². The molecule has 0 radical (unpaired) electrons. The van der Waals surface area contributed by atoms with E-state index in [1.165, 1.54) is 10.4 Å². The van der Waals surface area contributed by atoms with E-state index >= 15 is 0 Å². The van der Waals surface area contributed by atoms with Gasteiger partial charge in [-0.15, -0.1) is 11.3 Å². The number of likely N-dealkylation sites (N-methyl/N-ethyl adjacent to an activating group) is 1. The second-order valence-corrected chi connectivity index (χ2v) is 4.52. The summed E-state index contributed by atoms with van der Waals surface area (Å²) < 4.78 is 0. The lowest BCUT2D eigenvalue weighted by molar-refractivity contribution is -0.122. The Kier molecular flexibility index (Phi) is 3.66. The van der Waals surface area contributed by atoms with Gasteiger partial charge in [-0.05, 0) is 37.9 Å². The molecule has 78 valence electrons. The van der Waals surface area contributed by atoms with Crippen molar-refractivity contribution in [2.24, 2.45) is 5.73 Å². The maximum atomic E-state index is 10.9. The van der Waals surface area contributed by atoms with Crippen LogP contribution >= 0.6 is 11.3 Å². The van der Waals surface area contributed by atoms with E-state index in [2.05, 4.69) is 18.4 Å². The highest BCUT2D eigenvalue weighted by atomic mass is 32.1. The molecule has 0 saturated carbocycles. The van der Waals surface area contributed by atoms with E-state index in [0.717, 1.165) is 6.54 Å². The number of carbonyl (C=O) groups is 1. The smallest absolute Gasteiger partial charge is 0.234 e. The van der Waals surface area contributed by atoms with Gasteiger partial charge in [-0.3, -0.25) is 9.69 Å². The van der Waals surface area contributed by atoms with Crippen molar-refractivity contribution in [2.45, 2.75) is 26.4 Å². The van der Waals surface area contributed by atoms with Gasteiger partial charge in [0, 0.05) is 11.4 Å². The molecule has 0 aromatic carbocycles. The van der Waals surface area contributed by atoms with Crippen molar-refractivity contribution < 1.29 is 4.79 Å². The van der Waals surface area contributed by atoms with Crippen LogP contribution in [0.15, 0.2) is 11.4 Å². The molecule has 1 aromatic heterocycles. The quantitative estimate of drug-likeness (QED) is 0.819. The second-order valence-electron chi connectivity index (χ2n) is 3.52. The Balaban J connectivity index is 2.61. The Hall–Kier alpha value is -0.870. The van der Waals surface area contributed by atoms with Crippen LogP contribution in [0.3, 0.4) is 0 Å². The minimum atomic E-state index is -0.276. The number of primary amides is 1. The summed E-state index contributed by atoms with van der Waals surface area (Å²) >= 11 is 1.71. The van der Waals surface area contributed by atoms with Crippen LogP contribution in [-0.2, 0) is 11.3 Å². The lowest BCUT2D eigenvalue weighted by Crippen LogP contribution is -2.39. The van der Waals surface area contributed by atoms with Crippen LogP contribution in [0.1, 0.15) is 17.4 Å². The third-order valence-corrected chi connectivity index (χ3v) is 3.44. The minimum absolute atomic E-state index is 0.212. The van der Waals surface area contributed by atoms with Crippen LogP contribution < -0.4 is 5.73 Å². The zero-order valence-electron chi connectivity index (χ0n) is 8.78. The SMILES string of the molecule is Cc1ccsc1CN(C)C(C)C(N)=O. The largest absolute Gasteiger partial charge is 0.368 e. The molecule has 0 bridgehead atoms. The molecule has 2 N–H and O–H groups in total. The van der Waals surface area contributed by atoms with Crippen molar-refractivity contribution in [3.05, 3.63) is 21.9 Å². The predicted molar refractivity (Wildman–Crippen MR) is 59.2 cm³/mol. The van der Waals surface area contributed by atoms with Crippen LogP contribution in [0.25, 0.3) is 0 Å². The van der Waals surface area contributed by atoms with Gasteiger partial charge < -0.3 is 5.73 Å². The van der Waals surface area contributed by atoms with Crippen LogP contribution in [0.2, 0.25) is 0 Å². The standard InChI is InChI=1S/C10H16N2OS/c1-7-4-5-14-9(7)6-12(3)8(2)10(11)13/h4-5,8H,6H2,1-3H3,(H2,11,13). The van der Waals surface area contributed by atoms with Crippen molar-refractivity contribution in [2.75, 3.05) is 7.05 Å². The van der Waals surface area contributed by atoms with Gasteiger partial charge in [-0.25, -0.2) is 0 Å². The first-order valence-corrected chi connectivity index (χ1v) is 5.43. The zero-order valence-corrected chi connectivity index (χ0v) is 9.60. The Morgan fingerprint density at radius 3 is 2.79 bits per heavy atom. The predicted octanol–water partition coefficient (Wildman–Crippen LogP) is 1.36. The van der Waals surface area contributed by atoms with Crippen molar-refractivity contribution in [3.8, 4) is 0 Å². The summed E-state index contributed by atoms with van der Waals surface area (Å²) in [6.45, 7) is 4.69. The summed E-state index contributed by atoms with van der Waals surface area (Å²) in [6.07, 6.45) is 0. The van der Waals surface area contributed by atoms with Crippen LogP contribution in [-0.4, -0.2) is 23.9 Å². The van der Waals surface area contributed by atoms with Gasteiger partial charge >= 0.3 is 0 Å². The number of hydrogen-bond acceptors (Lipinski definition) is 3. The molecule has 1 amide bonds. The molecule has 0 spiro atoms. The molecule has 3 nitrogen and oxygen atoms in total. The first kappa shape index (κ1) is 11.2. The summed E-state index contributed by atoms with van der Waals surface area (Å²) in [6, 6.07) is 1.87. The fourth-order valence-corrected chi connectivity index (χ4v) is 2.12. The molecule has 1 rings (SSSR count). The monoisotopic (exact) mass is 212 g/mol. The second kappa shape index (κ2) is 4.57. The number of thiophene rings is 1. The van der Waals surface area contributed by atoms with Crippen molar-refractivity contribution >= 4 is 17.2 Å². The maximum absolute atomic E-state index is 10.9. The maximum Gasteiger partial charge on any atom is 0.234 e. The minimum Gasteiger partial charge on any atom is -0.368 e. The zero-order chi connectivity index (χ0) is 10.7. The van der Waals surface area contributed by atoms with Gasteiger partial charge in [-0.1, -0.05) is 0 Å². The highest BCUT2D eigenvalue weighted by Gasteiger charge is 2.15. The molecule has 0 aliphatic carbocycles. The number of amides is 1. The van der Waals surface area contributed by atoms with Crippen molar-refractivity contribution in [1.82, 2.24) is 4.90 Å². The molecule has 14 heavy (non-hydrogen) atoms. The third kappa shape index (κ3) is 2.56. The average molecular weight is 212 g/mol.